The molecule has 0 atom stereocenters. The number of amides is 1. The van der Waals surface area contributed by atoms with Gasteiger partial charge in [0.15, 0.2) is 11.6 Å². The van der Waals surface area contributed by atoms with Crippen LogP contribution in [0.15, 0.2) is 71.9 Å². The topological polar surface area (TPSA) is 119 Å². The number of aliphatic hydroxyl groups excluding tert-OH is 1. The van der Waals surface area contributed by atoms with Gasteiger partial charge < -0.3 is 20.4 Å². The Hall–Kier alpha value is -4.61. The lowest BCUT2D eigenvalue weighted by atomic mass is 10.1. The fourth-order valence-corrected chi connectivity index (χ4v) is 4.34. The third kappa shape index (κ3) is 5.95. The molecular weight excluding hydrogens is 506 g/mol. The summed E-state index contributed by atoms with van der Waals surface area (Å²) in [5.74, 6) is -2.32. The Labute approximate surface area is 221 Å². The van der Waals surface area contributed by atoms with E-state index < -0.39 is 17.5 Å². The number of nitrogens with zero attached hydrogens (tertiary/aromatic N) is 3. The van der Waals surface area contributed by atoms with Gasteiger partial charge in [-0.25, -0.2) is 8.78 Å². The Morgan fingerprint density at radius 2 is 1.92 bits per heavy atom. The second kappa shape index (κ2) is 11.0. The molecule has 3 aromatic heterocycles. The minimum atomic E-state index is -0.942. The van der Waals surface area contributed by atoms with Crippen LogP contribution in [0.3, 0.4) is 0 Å². The number of aromatic nitrogens is 4. The number of carbonyl (C=O) groups is 1. The van der Waals surface area contributed by atoms with Crippen molar-refractivity contribution in [3.63, 3.8) is 0 Å². The Morgan fingerprint density at radius 3 is 2.72 bits per heavy atom. The summed E-state index contributed by atoms with van der Waals surface area (Å²) in [6.45, 7) is 1.51. The van der Waals surface area contributed by atoms with Gasteiger partial charge in [-0.2, -0.15) is 5.10 Å². The number of aliphatic hydroxyl groups is 1. The molecule has 5 aromatic rings. The van der Waals surface area contributed by atoms with Crippen LogP contribution in [0.4, 0.5) is 14.5 Å². The molecule has 0 fully saturated rings. The van der Waals surface area contributed by atoms with E-state index in [9.17, 15) is 18.4 Å². The molecule has 9 nitrogen and oxygen atoms in total. The van der Waals surface area contributed by atoms with Crippen molar-refractivity contribution in [1.29, 1.82) is 0 Å². The number of pyridine rings is 1. The van der Waals surface area contributed by atoms with Gasteiger partial charge in [0.1, 0.15) is 0 Å². The van der Waals surface area contributed by atoms with Crippen LogP contribution in [0.2, 0.25) is 0 Å². The highest BCUT2D eigenvalue weighted by Gasteiger charge is 2.14. The quantitative estimate of drug-likeness (QED) is 0.231. The summed E-state index contributed by atoms with van der Waals surface area (Å²) in [5, 5.41) is 16.9. The molecule has 0 aliphatic heterocycles. The molecule has 200 valence electrons. The second-order valence-corrected chi connectivity index (χ2v) is 9.33. The van der Waals surface area contributed by atoms with Crippen molar-refractivity contribution in [3.8, 4) is 11.3 Å². The number of benzene rings is 2. The van der Waals surface area contributed by atoms with Crippen LogP contribution >= 0.6 is 0 Å². The average molecular weight is 533 g/mol. The molecule has 0 radical (unpaired) electrons. The first-order valence-electron chi connectivity index (χ1n) is 12.2. The first-order chi connectivity index (χ1) is 18.8. The van der Waals surface area contributed by atoms with E-state index in [1.807, 2.05) is 36.2 Å². The Kier molecular flexibility index (Phi) is 7.35. The number of aromatic amines is 2. The maximum atomic E-state index is 13.5. The molecule has 0 aliphatic carbocycles. The van der Waals surface area contributed by atoms with Gasteiger partial charge in [0.25, 0.3) is 11.5 Å². The minimum absolute atomic E-state index is 0.0826. The first-order valence-corrected chi connectivity index (χ1v) is 12.2. The predicted octanol–water partition coefficient (Wildman–Crippen LogP) is 3.72. The molecule has 0 spiro atoms. The van der Waals surface area contributed by atoms with Crippen LogP contribution in [0.5, 0.6) is 0 Å². The molecule has 0 unspecified atom stereocenters. The molecule has 0 bridgehead atoms. The molecule has 39 heavy (non-hydrogen) atoms. The summed E-state index contributed by atoms with van der Waals surface area (Å²) in [5.41, 5.74) is 3.61. The summed E-state index contributed by atoms with van der Waals surface area (Å²) >= 11 is 0. The van der Waals surface area contributed by atoms with E-state index in [0.29, 0.717) is 35.6 Å². The monoisotopic (exact) mass is 532 g/mol. The van der Waals surface area contributed by atoms with Crippen LogP contribution in [-0.2, 0) is 13.1 Å². The van der Waals surface area contributed by atoms with E-state index in [1.165, 1.54) is 29.2 Å². The smallest absolute Gasteiger partial charge is 0.257 e. The molecule has 3 heterocycles. The van der Waals surface area contributed by atoms with Crippen molar-refractivity contribution in [2.24, 2.45) is 0 Å². The summed E-state index contributed by atoms with van der Waals surface area (Å²) < 4.78 is 28.1. The average Bonchev–Trinajstić information content (AvgIpc) is 3.53. The molecule has 4 N–H and O–H groups in total. The lowest BCUT2D eigenvalue weighted by molar-refractivity contribution is 0.102. The van der Waals surface area contributed by atoms with Gasteiger partial charge in [-0.1, -0.05) is 12.1 Å². The van der Waals surface area contributed by atoms with E-state index in [2.05, 4.69) is 20.4 Å². The summed E-state index contributed by atoms with van der Waals surface area (Å²) in [4.78, 5) is 33.4. The normalized spacial score (nSPS) is 11.4. The van der Waals surface area contributed by atoms with Gasteiger partial charge in [-0.3, -0.25) is 19.2 Å². The maximum Gasteiger partial charge on any atom is 0.257 e. The van der Waals surface area contributed by atoms with E-state index >= 15 is 0 Å². The highest BCUT2D eigenvalue weighted by molar-refractivity contribution is 6.04. The Morgan fingerprint density at radius 1 is 1.10 bits per heavy atom. The number of halogens is 2. The van der Waals surface area contributed by atoms with Crippen LogP contribution in [0.25, 0.3) is 22.2 Å². The predicted molar refractivity (Wildman–Crippen MR) is 143 cm³/mol. The van der Waals surface area contributed by atoms with Gasteiger partial charge in [0.05, 0.1) is 41.9 Å². The number of nitrogens with one attached hydrogen (secondary N) is 3. The number of anilines is 1. The fourth-order valence-electron chi connectivity index (χ4n) is 4.34. The van der Waals surface area contributed by atoms with Crippen molar-refractivity contribution in [3.05, 3.63) is 106 Å². The number of H-pyrrole nitrogens is 2. The van der Waals surface area contributed by atoms with Crippen LogP contribution < -0.4 is 10.9 Å². The molecular formula is C28H26F2N6O3. The highest BCUT2D eigenvalue weighted by Crippen LogP contribution is 2.24. The van der Waals surface area contributed by atoms with Gasteiger partial charge in [0, 0.05) is 36.4 Å². The maximum absolute atomic E-state index is 13.5. The summed E-state index contributed by atoms with van der Waals surface area (Å²) in [6.07, 6.45) is 4.35. The van der Waals surface area contributed by atoms with Crippen LogP contribution in [-0.4, -0.2) is 55.9 Å². The van der Waals surface area contributed by atoms with E-state index in [1.54, 1.807) is 6.20 Å². The Balaban J connectivity index is 1.32. The highest BCUT2D eigenvalue weighted by atomic mass is 19.2. The molecule has 5 rings (SSSR count). The zero-order valence-corrected chi connectivity index (χ0v) is 21.0. The first kappa shape index (κ1) is 26.0. The fraction of sp³-hybridized carbons (Fsp3) is 0.179. The zero-order valence-electron chi connectivity index (χ0n) is 21.0. The second-order valence-electron chi connectivity index (χ2n) is 9.33. The largest absolute Gasteiger partial charge is 0.395 e. The molecule has 0 aliphatic rings. The number of likely N-dealkylation sites (N-methyl/N-ethyl adjacent to an activating group) is 1. The number of rotatable bonds is 9. The van der Waals surface area contributed by atoms with Crippen molar-refractivity contribution in [1.82, 2.24) is 24.6 Å². The zero-order chi connectivity index (χ0) is 27.5. The number of carbonyl (C=O) groups excluding carboxylic acids is 1. The standard InChI is InChI=1S/C28H26F2N6O3/c1-35(6-7-37)14-17-3-5-25-19(8-17)11-26(34-25)22-10-20(12-31-28(22)39)27(38)33-21-13-32-36(16-21)15-18-2-4-23(29)24(30)9-18/h2-5,8-13,16,34,37H,6-7,14-15H2,1H3,(H,31,39)(H,33,38). The van der Waals surface area contributed by atoms with E-state index in [0.717, 1.165) is 28.6 Å². The van der Waals surface area contributed by atoms with E-state index in [-0.39, 0.29) is 24.3 Å². The van der Waals surface area contributed by atoms with Crippen molar-refractivity contribution in [2.75, 3.05) is 25.5 Å². The summed E-state index contributed by atoms with van der Waals surface area (Å²) in [7, 11) is 1.93. The molecule has 0 saturated heterocycles. The minimum Gasteiger partial charge on any atom is -0.395 e. The SMILES string of the molecule is CN(CCO)Cc1ccc2[nH]c(-c3cc(C(=O)Nc4cnn(Cc5ccc(F)c(F)c5)c4)c[nH]c3=O)cc2c1. The molecule has 1 amide bonds. The summed E-state index contributed by atoms with van der Waals surface area (Å²) in [6, 6.07) is 12.9. The molecule has 0 saturated carbocycles. The lowest BCUT2D eigenvalue weighted by Gasteiger charge is -2.14. The number of hydrogen-bond acceptors (Lipinski definition) is 5. The third-order valence-corrected chi connectivity index (χ3v) is 6.29. The number of fused-ring (bicyclic) bond motifs is 1. The van der Waals surface area contributed by atoms with Crippen molar-refractivity contribution >= 4 is 22.5 Å². The van der Waals surface area contributed by atoms with Crippen molar-refractivity contribution in [2.45, 2.75) is 13.1 Å². The van der Waals surface area contributed by atoms with Gasteiger partial charge in [-0.15, -0.1) is 0 Å². The van der Waals surface area contributed by atoms with E-state index in [4.69, 9.17) is 5.11 Å². The third-order valence-electron chi connectivity index (χ3n) is 6.29. The van der Waals surface area contributed by atoms with Crippen LogP contribution in [0.1, 0.15) is 21.5 Å². The van der Waals surface area contributed by atoms with Crippen molar-refractivity contribution < 1.29 is 18.7 Å². The van der Waals surface area contributed by atoms with Gasteiger partial charge in [-0.05, 0) is 54.6 Å². The molecule has 2 aromatic carbocycles. The van der Waals surface area contributed by atoms with Gasteiger partial charge in [0.2, 0.25) is 0 Å². The molecule has 11 heteroatoms. The van der Waals surface area contributed by atoms with Crippen LogP contribution in [0, 0.1) is 11.6 Å². The van der Waals surface area contributed by atoms with Gasteiger partial charge >= 0.3 is 0 Å². The Bertz CT molecular complexity index is 1710. The number of hydrogen-bond donors (Lipinski definition) is 4. The lowest BCUT2D eigenvalue weighted by Crippen LogP contribution is -2.21.